The van der Waals surface area contributed by atoms with E-state index in [1.54, 1.807) is 0 Å². The van der Waals surface area contributed by atoms with Gasteiger partial charge in [0.15, 0.2) is 11.4 Å². The van der Waals surface area contributed by atoms with E-state index in [0.29, 0.717) is 13.0 Å². The van der Waals surface area contributed by atoms with Crippen LogP contribution in [-0.2, 0) is 9.53 Å². The Morgan fingerprint density at radius 2 is 2.50 bits per heavy atom. The summed E-state index contributed by atoms with van der Waals surface area (Å²) in [6.07, 6.45) is 1.47. The van der Waals surface area contributed by atoms with Crippen molar-refractivity contribution in [3.8, 4) is 5.75 Å². The number of carboxylic acid groups (broad SMARTS) is 1. The second-order valence-electron chi connectivity index (χ2n) is 3.93. The van der Waals surface area contributed by atoms with E-state index in [1.165, 1.54) is 13.4 Å². The normalized spacial score (nSPS) is 22.7. The smallest absolute Gasteiger partial charge is 0.331 e. The van der Waals surface area contributed by atoms with E-state index in [2.05, 4.69) is 15.3 Å². The predicted octanol–water partition coefficient (Wildman–Crippen LogP) is -0.566. The van der Waals surface area contributed by atoms with Crippen molar-refractivity contribution < 1.29 is 19.4 Å². The number of H-pyrrole nitrogens is 1. The van der Waals surface area contributed by atoms with Crippen LogP contribution in [-0.4, -0.2) is 46.9 Å². The number of nitrogens with zero attached hydrogens (tertiary/aromatic N) is 1. The van der Waals surface area contributed by atoms with Gasteiger partial charge in [0.2, 0.25) is 5.75 Å². The average molecular weight is 255 g/mol. The zero-order valence-electron chi connectivity index (χ0n) is 9.73. The van der Waals surface area contributed by atoms with Gasteiger partial charge in [-0.1, -0.05) is 0 Å². The first-order chi connectivity index (χ1) is 8.59. The molecule has 0 spiro atoms. The SMILES string of the molecule is COc1c(NC2(C(=O)O)CCOC2)nc[nH]c1=O. The molecule has 8 heteroatoms. The molecule has 0 aliphatic carbocycles. The first-order valence-electron chi connectivity index (χ1n) is 5.30. The Morgan fingerprint density at radius 3 is 3.06 bits per heavy atom. The van der Waals surface area contributed by atoms with Crippen LogP contribution in [0.5, 0.6) is 5.75 Å². The molecule has 0 amide bonds. The number of methoxy groups -OCH3 is 1. The van der Waals surface area contributed by atoms with Crippen LogP contribution in [0.4, 0.5) is 5.82 Å². The first-order valence-corrected chi connectivity index (χ1v) is 5.30. The number of aliphatic carboxylic acids is 1. The minimum absolute atomic E-state index is 0.0139. The standard InChI is InChI=1S/C10H13N3O5/c1-17-6-7(11-5-12-8(6)14)13-10(9(15)16)2-3-18-4-10/h5H,2-4H2,1H3,(H,15,16)(H2,11,12,13,14). The van der Waals surface area contributed by atoms with Crippen molar-refractivity contribution >= 4 is 11.8 Å². The maximum absolute atomic E-state index is 11.5. The third-order valence-corrected chi connectivity index (χ3v) is 2.80. The number of aromatic nitrogens is 2. The van der Waals surface area contributed by atoms with Gasteiger partial charge in [-0.15, -0.1) is 0 Å². The number of nitrogens with one attached hydrogen (secondary N) is 2. The summed E-state index contributed by atoms with van der Waals surface area (Å²) < 4.78 is 10.0. The number of rotatable bonds is 4. The summed E-state index contributed by atoms with van der Waals surface area (Å²) in [7, 11) is 1.32. The Hall–Kier alpha value is -2.09. The third-order valence-electron chi connectivity index (χ3n) is 2.80. The zero-order valence-corrected chi connectivity index (χ0v) is 9.73. The van der Waals surface area contributed by atoms with Crippen LogP contribution < -0.4 is 15.6 Å². The second-order valence-corrected chi connectivity index (χ2v) is 3.93. The molecule has 0 radical (unpaired) electrons. The van der Waals surface area contributed by atoms with Gasteiger partial charge in [-0.3, -0.25) is 4.79 Å². The van der Waals surface area contributed by atoms with Crippen LogP contribution in [0.3, 0.4) is 0 Å². The minimum Gasteiger partial charge on any atom is -0.489 e. The average Bonchev–Trinajstić information content (AvgIpc) is 2.79. The molecule has 1 fully saturated rings. The molecule has 98 valence electrons. The van der Waals surface area contributed by atoms with Gasteiger partial charge < -0.3 is 24.9 Å². The van der Waals surface area contributed by atoms with Crippen molar-refractivity contribution in [1.29, 1.82) is 0 Å². The predicted molar refractivity (Wildman–Crippen MR) is 60.8 cm³/mol. The molecular weight excluding hydrogens is 242 g/mol. The van der Waals surface area contributed by atoms with Crippen LogP contribution in [0.15, 0.2) is 11.1 Å². The molecule has 1 aromatic rings. The van der Waals surface area contributed by atoms with Gasteiger partial charge in [0.25, 0.3) is 5.56 Å². The van der Waals surface area contributed by atoms with Gasteiger partial charge in [0.1, 0.15) is 0 Å². The largest absolute Gasteiger partial charge is 0.489 e. The van der Waals surface area contributed by atoms with Gasteiger partial charge in [-0.25, -0.2) is 9.78 Å². The summed E-state index contributed by atoms with van der Waals surface area (Å²) in [6.45, 7) is 0.352. The zero-order chi connectivity index (χ0) is 13.2. The van der Waals surface area contributed by atoms with Crippen LogP contribution in [0, 0.1) is 0 Å². The Balaban J connectivity index is 2.36. The molecule has 0 bridgehead atoms. The fraction of sp³-hybridized carbons (Fsp3) is 0.500. The molecular formula is C10H13N3O5. The van der Waals surface area contributed by atoms with Crippen molar-refractivity contribution in [3.63, 3.8) is 0 Å². The van der Waals surface area contributed by atoms with E-state index < -0.39 is 17.1 Å². The highest BCUT2D eigenvalue weighted by Gasteiger charge is 2.43. The maximum atomic E-state index is 11.5. The Bertz CT molecular complexity index is 506. The second kappa shape index (κ2) is 4.65. The summed E-state index contributed by atoms with van der Waals surface area (Å²) >= 11 is 0. The number of ether oxygens (including phenoxy) is 2. The minimum atomic E-state index is -1.27. The van der Waals surface area contributed by atoms with Crippen molar-refractivity contribution in [2.45, 2.75) is 12.0 Å². The quantitative estimate of drug-likeness (QED) is 0.660. The molecule has 18 heavy (non-hydrogen) atoms. The van der Waals surface area contributed by atoms with E-state index in [9.17, 15) is 14.7 Å². The molecule has 1 aromatic heterocycles. The van der Waals surface area contributed by atoms with Gasteiger partial charge in [0, 0.05) is 13.0 Å². The van der Waals surface area contributed by atoms with E-state index >= 15 is 0 Å². The summed E-state index contributed by atoms with van der Waals surface area (Å²) in [4.78, 5) is 29.0. The molecule has 0 aromatic carbocycles. The van der Waals surface area contributed by atoms with Gasteiger partial charge in [-0.05, 0) is 0 Å². The van der Waals surface area contributed by atoms with Crippen molar-refractivity contribution in [1.82, 2.24) is 9.97 Å². The van der Waals surface area contributed by atoms with Crippen molar-refractivity contribution in [3.05, 3.63) is 16.7 Å². The van der Waals surface area contributed by atoms with Crippen LogP contribution in [0.1, 0.15) is 6.42 Å². The lowest BCUT2D eigenvalue weighted by Gasteiger charge is -2.24. The number of hydrogen-bond acceptors (Lipinski definition) is 6. The summed E-state index contributed by atoms with van der Waals surface area (Å²) in [5.74, 6) is -1.01. The lowest BCUT2D eigenvalue weighted by Crippen LogP contribution is -2.47. The first kappa shape index (κ1) is 12.4. The highest BCUT2D eigenvalue weighted by molar-refractivity contribution is 5.83. The Morgan fingerprint density at radius 1 is 1.72 bits per heavy atom. The monoisotopic (exact) mass is 255 g/mol. The maximum Gasteiger partial charge on any atom is 0.331 e. The number of carboxylic acids is 1. The van der Waals surface area contributed by atoms with E-state index in [1.807, 2.05) is 0 Å². The van der Waals surface area contributed by atoms with Crippen molar-refractivity contribution in [2.24, 2.45) is 0 Å². The fourth-order valence-corrected chi connectivity index (χ4v) is 1.78. The van der Waals surface area contributed by atoms with Gasteiger partial charge in [-0.2, -0.15) is 0 Å². The molecule has 2 heterocycles. The highest BCUT2D eigenvalue weighted by atomic mass is 16.5. The molecule has 1 saturated heterocycles. The molecule has 3 N–H and O–H groups in total. The highest BCUT2D eigenvalue weighted by Crippen LogP contribution is 2.26. The topological polar surface area (TPSA) is 114 Å². The van der Waals surface area contributed by atoms with E-state index in [0.717, 1.165) is 0 Å². The molecule has 0 saturated carbocycles. The van der Waals surface area contributed by atoms with Gasteiger partial charge >= 0.3 is 5.97 Å². The summed E-state index contributed by atoms with van der Waals surface area (Å²) in [5, 5.41) is 12.0. The van der Waals surface area contributed by atoms with E-state index in [-0.39, 0.29) is 18.2 Å². The van der Waals surface area contributed by atoms with Crippen molar-refractivity contribution in [2.75, 3.05) is 25.6 Å². The summed E-state index contributed by atoms with van der Waals surface area (Å²) in [6, 6.07) is 0. The van der Waals surface area contributed by atoms with Crippen LogP contribution in [0.25, 0.3) is 0 Å². The molecule has 8 nitrogen and oxygen atoms in total. The number of carbonyl (C=O) groups is 1. The molecule has 1 unspecified atom stereocenters. The summed E-state index contributed by atoms with van der Waals surface area (Å²) in [5.41, 5.74) is -1.75. The third kappa shape index (κ3) is 2.02. The lowest BCUT2D eigenvalue weighted by molar-refractivity contribution is -0.142. The number of aromatic amines is 1. The molecule has 1 aliphatic heterocycles. The lowest BCUT2D eigenvalue weighted by atomic mass is 9.99. The fourth-order valence-electron chi connectivity index (χ4n) is 1.78. The Labute approximate surface area is 102 Å². The van der Waals surface area contributed by atoms with Crippen LogP contribution >= 0.6 is 0 Å². The van der Waals surface area contributed by atoms with Gasteiger partial charge in [0.05, 0.1) is 20.0 Å². The van der Waals surface area contributed by atoms with E-state index in [4.69, 9.17) is 9.47 Å². The molecule has 1 aliphatic rings. The Kier molecular flexibility index (Phi) is 3.19. The molecule has 1 atom stereocenters. The van der Waals surface area contributed by atoms with Crippen LogP contribution in [0.2, 0.25) is 0 Å². The molecule has 2 rings (SSSR count). The number of anilines is 1. The number of hydrogen-bond donors (Lipinski definition) is 3.